The Labute approximate surface area is 131 Å². The van der Waals surface area contributed by atoms with E-state index in [1.165, 1.54) is 0 Å². The van der Waals surface area contributed by atoms with Crippen LogP contribution in [0.4, 0.5) is 0 Å². The Morgan fingerprint density at radius 1 is 1.43 bits per heavy atom. The molecular formula is C15H22ClNO3S. The Morgan fingerprint density at radius 2 is 2.19 bits per heavy atom. The molecule has 2 unspecified atom stereocenters. The van der Waals surface area contributed by atoms with Gasteiger partial charge in [-0.25, -0.2) is 8.42 Å². The van der Waals surface area contributed by atoms with E-state index in [1.54, 1.807) is 13.2 Å². The van der Waals surface area contributed by atoms with Crippen LogP contribution in [0.15, 0.2) is 18.2 Å². The van der Waals surface area contributed by atoms with Crippen LogP contribution in [0.1, 0.15) is 24.8 Å². The highest BCUT2D eigenvalue weighted by atomic mass is 35.5. The van der Waals surface area contributed by atoms with Crippen molar-refractivity contribution in [3.05, 3.63) is 28.8 Å². The van der Waals surface area contributed by atoms with Crippen LogP contribution in [0.25, 0.3) is 0 Å². The van der Waals surface area contributed by atoms with Crippen LogP contribution in [0.5, 0.6) is 5.75 Å². The van der Waals surface area contributed by atoms with E-state index < -0.39 is 9.84 Å². The molecule has 0 spiro atoms. The Morgan fingerprint density at radius 3 is 2.81 bits per heavy atom. The molecule has 1 aromatic carbocycles. The summed E-state index contributed by atoms with van der Waals surface area (Å²) in [4.78, 5) is 0. The molecule has 0 amide bonds. The predicted octanol–water partition coefficient (Wildman–Crippen LogP) is 2.45. The third-order valence-electron chi connectivity index (χ3n) is 4.13. The Bertz CT molecular complexity index is 589. The van der Waals surface area contributed by atoms with Crippen LogP contribution in [-0.2, 0) is 16.3 Å². The number of halogens is 1. The highest BCUT2D eigenvalue weighted by Gasteiger charge is 2.35. The van der Waals surface area contributed by atoms with Crippen molar-refractivity contribution >= 4 is 21.4 Å². The SMILES string of the molecule is CNC(Cc1cc(Cl)ccc1OC)C1CCCCS1(=O)=O. The van der Waals surface area contributed by atoms with Gasteiger partial charge < -0.3 is 10.1 Å². The molecule has 1 saturated heterocycles. The maximum Gasteiger partial charge on any atom is 0.154 e. The van der Waals surface area contributed by atoms with Crippen molar-refractivity contribution in [1.82, 2.24) is 5.32 Å². The fourth-order valence-corrected chi connectivity index (χ4v) is 5.36. The zero-order chi connectivity index (χ0) is 15.5. The van der Waals surface area contributed by atoms with Gasteiger partial charge in [0.1, 0.15) is 5.75 Å². The average molecular weight is 332 g/mol. The van der Waals surface area contributed by atoms with Crippen molar-refractivity contribution in [2.45, 2.75) is 37.0 Å². The molecule has 0 bridgehead atoms. The Hall–Kier alpha value is -0.780. The molecule has 0 aromatic heterocycles. The lowest BCUT2D eigenvalue weighted by molar-refractivity contribution is 0.401. The Balaban J connectivity index is 2.25. The number of ether oxygens (including phenoxy) is 1. The van der Waals surface area contributed by atoms with Gasteiger partial charge in [0.2, 0.25) is 0 Å². The smallest absolute Gasteiger partial charge is 0.154 e. The topological polar surface area (TPSA) is 55.4 Å². The van der Waals surface area contributed by atoms with Crippen LogP contribution in [-0.4, -0.2) is 39.6 Å². The molecule has 1 N–H and O–H groups in total. The lowest BCUT2D eigenvalue weighted by atomic mass is 9.99. The normalized spacial score (nSPS) is 22.7. The van der Waals surface area contributed by atoms with E-state index >= 15 is 0 Å². The number of hydrogen-bond acceptors (Lipinski definition) is 4. The lowest BCUT2D eigenvalue weighted by Gasteiger charge is -2.30. The summed E-state index contributed by atoms with van der Waals surface area (Å²) in [6.45, 7) is 0. The number of rotatable bonds is 5. The molecule has 21 heavy (non-hydrogen) atoms. The molecule has 4 nitrogen and oxygen atoms in total. The summed E-state index contributed by atoms with van der Waals surface area (Å²) >= 11 is 6.05. The van der Waals surface area contributed by atoms with Gasteiger partial charge in [-0.2, -0.15) is 0 Å². The number of hydrogen-bond donors (Lipinski definition) is 1. The number of nitrogens with one attached hydrogen (secondary N) is 1. The van der Waals surface area contributed by atoms with Gasteiger partial charge in [-0.05, 0) is 50.1 Å². The van der Waals surface area contributed by atoms with Crippen LogP contribution in [0, 0.1) is 0 Å². The van der Waals surface area contributed by atoms with Gasteiger partial charge >= 0.3 is 0 Å². The first kappa shape index (κ1) is 16.6. The highest BCUT2D eigenvalue weighted by molar-refractivity contribution is 7.92. The molecule has 0 radical (unpaired) electrons. The van der Waals surface area contributed by atoms with Gasteiger partial charge in [0.05, 0.1) is 18.1 Å². The monoisotopic (exact) mass is 331 g/mol. The fourth-order valence-electron chi connectivity index (χ4n) is 2.99. The van der Waals surface area contributed by atoms with E-state index in [0.717, 1.165) is 30.6 Å². The summed E-state index contributed by atoms with van der Waals surface area (Å²) in [5.74, 6) is 1.04. The Kier molecular flexibility index (Phi) is 5.52. The van der Waals surface area contributed by atoms with Gasteiger partial charge in [-0.1, -0.05) is 18.0 Å². The molecule has 2 rings (SSSR count). The predicted molar refractivity (Wildman–Crippen MR) is 86.0 cm³/mol. The van der Waals surface area contributed by atoms with Crippen molar-refractivity contribution in [2.75, 3.05) is 19.9 Å². The second-order valence-electron chi connectivity index (χ2n) is 5.46. The second kappa shape index (κ2) is 6.99. The van der Waals surface area contributed by atoms with E-state index in [2.05, 4.69) is 5.32 Å². The zero-order valence-corrected chi connectivity index (χ0v) is 14.0. The fraction of sp³-hybridized carbons (Fsp3) is 0.600. The maximum absolute atomic E-state index is 12.3. The van der Waals surface area contributed by atoms with Crippen LogP contribution in [0.2, 0.25) is 5.02 Å². The average Bonchev–Trinajstić information content (AvgIpc) is 2.45. The molecule has 0 saturated carbocycles. The van der Waals surface area contributed by atoms with Gasteiger partial charge in [0, 0.05) is 11.1 Å². The molecule has 2 atom stereocenters. The van der Waals surface area contributed by atoms with Crippen LogP contribution in [0.3, 0.4) is 0 Å². The minimum absolute atomic E-state index is 0.123. The first-order chi connectivity index (χ1) is 9.97. The summed E-state index contributed by atoms with van der Waals surface area (Å²) in [6, 6.07) is 5.32. The van der Waals surface area contributed by atoms with E-state index in [-0.39, 0.29) is 11.3 Å². The van der Waals surface area contributed by atoms with Crippen molar-refractivity contribution in [1.29, 1.82) is 0 Å². The van der Waals surface area contributed by atoms with Crippen molar-refractivity contribution < 1.29 is 13.2 Å². The number of methoxy groups -OCH3 is 1. The third kappa shape index (κ3) is 3.90. The zero-order valence-electron chi connectivity index (χ0n) is 12.4. The number of likely N-dealkylation sites (N-methyl/N-ethyl adjacent to an activating group) is 1. The molecule has 1 aliphatic heterocycles. The van der Waals surface area contributed by atoms with Gasteiger partial charge in [-0.15, -0.1) is 0 Å². The molecular weight excluding hydrogens is 310 g/mol. The van der Waals surface area contributed by atoms with E-state index in [9.17, 15) is 8.42 Å². The number of sulfone groups is 1. The number of benzene rings is 1. The molecule has 1 fully saturated rings. The first-order valence-corrected chi connectivity index (χ1v) is 9.28. The molecule has 1 heterocycles. The van der Waals surface area contributed by atoms with Gasteiger partial charge in [0.15, 0.2) is 9.84 Å². The quantitative estimate of drug-likeness (QED) is 0.900. The third-order valence-corrected chi connectivity index (χ3v) is 6.71. The van der Waals surface area contributed by atoms with E-state index in [0.29, 0.717) is 17.2 Å². The second-order valence-corrected chi connectivity index (χ2v) is 8.23. The first-order valence-electron chi connectivity index (χ1n) is 7.19. The molecule has 0 aliphatic carbocycles. The summed E-state index contributed by atoms with van der Waals surface area (Å²) in [7, 11) is 0.400. The summed E-state index contributed by atoms with van der Waals surface area (Å²) in [5.41, 5.74) is 0.935. The van der Waals surface area contributed by atoms with E-state index in [1.807, 2.05) is 19.2 Å². The molecule has 118 valence electrons. The van der Waals surface area contributed by atoms with Gasteiger partial charge in [0.25, 0.3) is 0 Å². The minimum atomic E-state index is -3.02. The van der Waals surface area contributed by atoms with Crippen LogP contribution >= 0.6 is 11.6 Å². The molecule has 6 heteroatoms. The molecule has 1 aromatic rings. The van der Waals surface area contributed by atoms with Crippen LogP contribution < -0.4 is 10.1 Å². The summed E-state index contributed by atoms with van der Waals surface area (Å²) in [6.07, 6.45) is 3.05. The lowest BCUT2D eigenvalue weighted by Crippen LogP contribution is -2.46. The molecule has 1 aliphatic rings. The van der Waals surface area contributed by atoms with Crippen molar-refractivity contribution in [3.8, 4) is 5.75 Å². The summed E-state index contributed by atoms with van der Waals surface area (Å²) < 4.78 is 29.9. The maximum atomic E-state index is 12.3. The van der Waals surface area contributed by atoms with E-state index in [4.69, 9.17) is 16.3 Å². The highest BCUT2D eigenvalue weighted by Crippen LogP contribution is 2.28. The largest absolute Gasteiger partial charge is 0.496 e. The van der Waals surface area contributed by atoms with Crippen molar-refractivity contribution in [2.24, 2.45) is 0 Å². The minimum Gasteiger partial charge on any atom is -0.496 e. The van der Waals surface area contributed by atoms with Crippen molar-refractivity contribution in [3.63, 3.8) is 0 Å². The standard InChI is InChI=1S/C15H22ClNO3S/c1-17-13(15-5-3-4-8-21(15,18)19)10-11-9-12(16)6-7-14(11)20-2/h6-7,9,13,15,17H,3-5,8,10H2,1-2H3. The van der Waals surface area contributed by atoms with Gasteiger partial charge in [-0.3, -0.25) is 0 Å². The summed E-state index contributed by atoms with van der Waals surface area (Å²) in [5, 5.41) is 3.47.